The van der Waals surface area contributed by atoms with Gasteiger partial charge in [-0.2, -0.15) is 4.72 Å². The number of halogens is 1. The van der Waals surface area contributed by atoms with Gasteiger partial charge in [0.15, 0.2) is 0 Å². The first-order valence-electron chi connectivity index (χ1n) is 8.92. The third-order valence-corrected chi connectivity index (χ3v) is 5.94. The second-order valence-electron chi connectivity index (χ2n) is 6.35. The molecule has 0 spiro atoms. The number of amides is 1. The predicted octanol–water partition coefficient (Wildman–Crippen LogP) is 3.00. The Balaban J connectivity index is 2.08. The average molecular weight is 425 g/mol. The highest BCUT2D eigenvalue weighted by atomic mass is 35.5. The summed E-state index contributed by atoms with van der Waals surface area (Å²) < 4.78 is 31.8. The van der Waals surface area contributed by atoms with E-state index in [1.807, 2.05) is 25.1 Å². The average Bonchev–Trinajstić information content (AvgIpc) is 2.68. The molecule has 0 bridgehead atoms. The molecule has 2 N–H and O–H groups in total. The van der Waals surface area contributed by atoms with Gasteiger partial charge in [0.1, 0.15) is 11.8 Å². The van der Waals surface area contributed by atoms with Gasteiger partial charge in [-0.25, -0.2) is 8.42 Å². The molecule has 0 aliphatic carbocycles. The number of methoxy groups -OCH3 is 1. The first-order chi connectivity index (χ1) is 13.3. The number of benzene rings is 2. The van der Waals surface area contributed by atoms with Gasteiger partial charge >= 0.3 is 0 Å². The highest BCUT2D eigenvalue weighted by molar-refractivity contribution is 7.89. The first kappa shape index (κ1) is 22.2. The van der Waals surface area contributed by atoms with Crippen molar-refractivity contribution in [3.63, 3.8) is 0 Å². The van der Waals surface area contributed by atoms with E-state index in [1.54, 1.807) is 31.4 Å². The second-order valence-corrected chi connectivity index (χ2v) is 8.83. The van der Waals surface area contributed by atoms with E-state index in [0.29, 0.717) is 23.6 Å². The number of hydrogen-bond acceptors (Lipinski definition) is 4. The van der Waals surface area contributed by atoms with E-state index in [9.17, 15) is 13.2 Å². The summed E-state index contributed by atoms with van der Waals surface area (Å²) in [7, 11) is -1.96. The second kappa shape index (κ2) is 9.91. The van der Waals surface area contributed by atoms with Gasteiger partial charge in [0.2, 0.25) is 15.9 Å². The van der Waals surface area contributed by atoms with Crippen molar-refractivity contribution in [3.05, 3.63) is 64.2 Å². The number of nitrogens with one attached hydrogen (secondary N) is 2. The van der Waals surface area contributed by atoms with Gasteiger partial charge in [0.25, 0.3) is 0 Å². The molecule has 28 heavy (non-hydrogen) atoms. The zero-order valence-electron chi connectivity index (χ0n) is 16.2. The highest BCUT2D eigenvalue weighted by Gasteiger charge is 2.25. The van der Waals surface area contributed by atoms with Gasteiger partial charge in [0.05, 0.1) is 12.9 Å². The molecule has 152 valence electrons. The molecule has 2 rings (SSSR count). The lowest BCUT2D eigenvalue weighted by Gasteiger charge is -2.19. The fourth-order valence-electron chi connectivity index (χ4n) is 2.64. The maximum atomic E-state index is 12.7. The van der Waals surface area contributed by atoms with Gasteiger partial charge in [-0.1, -0.05) is 35.9 Å². The van der Waals surface area contributed by atoms with Crippen LogP contribution in [0.25, 0.3) is 0 Å². The third-order valence-electron chi connectivity index (χ3n) is 4.33. The Morgan fingerprint density at radius 3 is 2.46 bits per heavy atom. The molecule has 0 radical (unpaired) electrons. The van der Waals surface area contributed by atoms with Crippen LogP contribution in [0.2, 0.25) is 5.02 Å². The molecule has 0 saturated heterocycles. The van der Waals surface area contributed by atoms with Crippen LogP contribution in [0.15, 0.2) is 42.5 Å². The van der Waals surface area contributed by atoms with E-state index in [1.165, 1.54) is 6.92 Å². The highest BCUT2D eigenvalue weighted by Crippen LogP contribution is 2.20. The summed E-state index contributed by atoms with van der Waals surface area (Å²) >= 11 is 5.89. The summed E-state index contributed by atoms with van der Waals surface area (Å²) in [5, 5.41) is 3.31. The number of hydrogen-bond donors (Lipinski definition) is 2. The van der Waals surface area contributed by atoms with Gasteiger partial charge in [-0.3, -0.25) is 4.79 Å². The van der Waals surface area contributed by atoms with Crippen LogP contribution in [0, 0.1) is 6.92 Å². The van der Waals surface area contributed by atoms with Crippen molar-refractivity contribution in [1.29, 1.82) is 0 Å². The minimum Gasteiger partial charge on any atom is -0.496 e. The fraction of sp³-hybridized carbons (Fsp3) is 0.350. The number of carbonyl (C=O) groups is 1. The van der Waals surface area contributed by atoms with Crippen molar-refractivity contribution < 1.29 is 17.9 Å². The number of ether oxygens (including phenoxy) is 1. The lowest BCUT2D eigenvalue weighted by Crippen LogP contribution is -2.41. The zero-order valence-corrected chi connectivity index (χ0v) is 17.7. The van der Waals surface area contributed by atoms with Crippen molar-refractivity contribution in [2.75, 3.05) is 19.4 Å². The van der Waals surface area contributed by atoms with Crippen LogP contribution in [0.1, 0.15) is 29.7 Å². The number of rotatable bonds is 9. The SMILES string of the molecule is CCS(=O)(=O)NC(C(=O)NCCc1ccc(C)c(OC)c1)c1ccc(Cl)cc1. The van der Waals surface area contributed by atoms with Gasteiger partial charge in [-0.15, -0.1) is 0 Å². The summed E-state index contributed by atoms with van der Waals surface area (Å²) in [4.78, 5) is 12.7. The van der Waals surface area contributed by atoms with Crippen LogP contribution in [0.5, 0.6) is 5.75 Å². The zero-order chi connectivity index (χ0) is 20.7. The number of aryl methyl sites for hydroxylation is 1. The first-order valence-corrected chi connectivity index (χ1v) is 11.0. The minimum atomic E-state index is -3.57. The van der Waals surface area contributed by atoms with E-state index in [4.69, 9.17) is 16.3 Å². The maximum Gasteiger partial charge on any atom is 0.242 e. The Hall–Kier alpha value is -2.09. The van der Waals surface area contributed by atoms with E-state index < -0.39 is 22.0 Å². The van der Waals surface area contributed by atoms with Gasteiger partial charge in [-0.05, 0) is 55.2 Å². The molecule has 1 atom stereocenters. The summed E-state index contributed by atoms with van der Waals surface area (Å²) in [5.74, 6) is 0.255. The molecular weight excluding hydrogens is 400 g/mol. The molecule has 2 aromatic rings. The monoisotopic (exact) mass is 424 g/mol. The molecule has 0 heterocycles. The lowest BCUT2D eigenvalue weighted by molar-refractivity contribution is -0.122. The van der Waals surface area contributed by atoms with Crippen LogP contribution in [-0.4, -0.2) is 33.7 Å². The lowest BCUT2D eigenvalue weighted by atomic mass is 10.1. The molecule has 6 nitrogen and oxygen atoms in total. The standard InChI is InChI=1S/C20H25ClN2O4S/c1-4-28(25,26)23-19(16-7-9-17(21)10-8-16)20(24)22-12-11-15-6-5-14(2)18(13-15)27-3/h5-10,13,19,23H,4,11-12H2,1-3H3,(H,22,24). The molecule has 1 unspecified atom stereocenters. The largest absolute Gasteiger partial charge is 0.496 e. The number of carbonyl (C=O) groups excluding carboxylic acids is 1. The molecule has 0 aliphatic rings. The molecule has 1 amide bonds. The molecule has 0 fully saturated rings. The van der Waals surface area contributed by atoms with Crippen molar-refractivity contribution in [2.24, 2.45) is 0 Å². The van der Waals surface area contributed by atoms with Crippen LogP contribution in [0.3, 0.4) is 0 Å². The third kappa shape index (κ3) is 6.22. The normalized spacial score (nSPS) is 12.4. The molecular formula is C20H25ClN2O4S. The van der Waals surface area contributed by atoms with E-state index in [-0.39, 0.29) is 5.75 Å². The van der Waals surface area contributed by atoms with Gasteiger partial charge in [0, 0.05) is 11.6 Å². The quantitative estimate of drug-likeness (QED) is 0.648. The molecule has 0 aliphatic heterocycles. The topological polar surface area (TPSA) is 84.5 Å². The fourth-order valence-corrected chi connectivity index (χ4v) is 3.54. The maximum absolute atomic E-state index is 12.7. The summed E-state index contributed by atoms with van der Waals surface area (Å²) in [6, 6.07) is 11.4. The van der Waals surface area contributed by atoms with Crippen LogP contribution in [-0.2, 0) is 21.2 Å². The molecule has 2 aromatic carbocycles. The van der Waals surface area contributed by atoms with Gasteiger partial charge < -0.3 is 10.1 Å². The van der Waals surface area contributed by atoms with Crippen LogP contribution < -0.4 is 14.8 Å². The molecule has 8 heteroatoms. The molecule has 0 saturated carbocycles. The predicted molar refractivity (Wildman–Crippen MR) is 111 cm³/mol. The Morgan fingerprint density at radius 2 is 1.86 bits per heavy atom. The Bertz CT molecular complexity index is 914. The summed E-state index contributed by atoms with van der Waals surface area (Å²) in [5.41, 5.74) is 2.57. The summed E-state index contributed by atoms with van der Waals surface area (Å²) in [6.07, 6.45) is 0.593. The number of sulfonamides is 1. The smallest absolute Gasteiger partial charge is 0.242 e. The summed E-state index contributed by atoms with van der Waals surface area (Å²) in [6.45, 7) is 3.84. The Labute approximate surface area is 171 Å². The van der Waals surface area contributed by atoms with E-state index in [0.717, 1.165) is 16.9 Å². The molecule has 0 aromatic heterocycles. The Kier molecular flexibility index (Phi) is 7.86. The van der Waals surface area contributed by atoms with Crippen LogP contribution >= 0.6 is 11.6 Å². The van der Waals surface area contributed by atoms with Crippen molar-refractivity contribution >= 4 is 27.5 Å². The van der Waals surface area contributed by atoms with Crippen molar-refractivity contribution in [1.82, 2.24) is 10.0 Å². The van der Waals surface area contributed by atoms with Crippen molar-refractivity contribution in [2.45, 2.75) is 26.3 Å². The Morgan fingerprint density at radius 1 is 1.18 bits per heavy atom. The van der Waals surface area contributed by atoms with E-state index >= 15 is 0 Å². The van der Waals surface area contributed by atoms with E-state index in [2.05, 4.69) is 10.0 Å². The van der Waals surface area contributed by atoms with Crippen molar-refractivity contribution in [3.8, 4) is 5.75 Å². The minimum absolute atomic E-state index is 0.118. The van der Waals surface area contributed by atoms with Crippen LogP contribution in [0.4, 0.5) is 0 Å².